The average Bonchev–Trinajstić information content (AvgIpc) is 4.02. The molecule has 0 aliphatic carbocycles. The van der Waals surface area contributed by atoms with Crippen molar-refractivity contribution in [3.05, 3.63) is 188 Å². The van der Waals surface area contributed by atoms with Gasteiger partial charge in [-0.15, -0.1) is 0 Å². The number of hydrogen-bond acceptors (Lipinski definition) is 2. The molecule has 0 bridgehead atoms. The fourth-order valence-corrected chi connectivity index (χ4v) is 10.3. The number of aromatic nitrogens is 5. The van der Waals surface area contributed by atoms with Gasteiger partial charge in [0.1, 0.15) is 0 Å². The first kappa shape index (κ1) is 31.1. The van der Waals surface area contributed by atoms with Crippen LogP contribution in [0, 0.1) is 0 Å². The van der Waals surface area contributed by atoms with Crippen LogP contribution in [0.4, 0.5) is 0 Å². The maximum atomic E-state index is 5.59. The van der Waals surface area contributed by atoms with Crippen molar-refractivity contribution >= 4 is 103 Å². The number of hydrogen-bond donors (Lipinski definition) is 0. The largest absolute Gasteiger partial charge is 0.309 e. The van der Waals surface area contributed by atoms with E-state index in [0.29, 0.717) is 5.95 Å². The molecule has 0 amide bonds. The molecule has 14 rings (SSSR count). The second kappa shape index (κ2) is 11.3. The molecule has 0 N–H and O–H groups in total. The summed E-state index contributed by atoms with van der Waals surface area (Å²) < 4.78 is 7.18. The third-order valence-corrected chi connectivity index (χ3v) is 12.7. The standard InChI is InChI=1S/C54H31N5/c1-2-15-34(16-3-1)57-44-23-11-7-18-36(44)41-30-33(27-29-47(41)57)51-38-20-6-10-22-43(38)55-54(56-51)58-46-25-13-9-21-39(46)49-48(58)31-42-37-19-8-12-24-45(37)59-52-35-17-5-4-14-32(35)26-28-40(52)50(49)53(42)59/h1-31H. The minimum Gasteiger partial charge on any atom is -0.309 e. The van der Waals surface area contributed by atoms with E-state index in [0.717, 1.165) is 44.4 Å². The molecule has 5 aromatic heterocycles. The van der Waals surface area contributed by atoms with Crippen molar-refractivity contribution in [1.29, 1.82) is 0 Å². The topological polar surface area (TPSA) is 40.0 Å². The van der Waals surface area contributed by atoms with E-state index in [2.05, 4.69) is 202 Å². The van der Waals surface area contributed by atoms with Gasteiger partial charge in [-0.25, -0.2) is 9.97 Å². The molecule has 0 radical (unpaired) electrons. The Morgan fingerprint density at radius 2 is 0.983 bits per heavy atom. The maximum absolute atomic E-state index is 5.59. The molecule has 0 aliphatic heterocycles. The molecule has 0 aliphatic rings. The number of fused-ring (bicyclic) bond motifs is 16. The molecule has 0 fully saturated rings. The van der Waals surface area contributed by atoms with Crippen molar-refractivity contribution in [2.75, 3.05) is 0 Å². The third kappa shape index (κ3) is 4.03. The molecular weight excluding hydrogens is 719 g/mol. The minimum atomic E-state index is 0.656. The molecule has 0 spiro atoms. The van der Waals surface area contributed by atoms with Crippen LogP contribution < -0.4 is 0 Å². The highest BCUT2D eigenvalue weighted by atomic mass is 15.2. The van der Waals surface area contributed by atoms with E-state index in [1.807, 2.05) is 0 Å². The van der Waals surface area contributed by atoms with Gasteiger partial charge in [-0.05, 0) is 60.0 Å². The molecule has 59 heavy (non-hydrogen) atoms. The predicted octanol–water partition coefficient (Wildman–Crippen LogP) is 13.8. The molecule has 9 aromatic carbocycles. The molecule has 0 saturated carbocycles. The van der Waals surface area contributed by atoms with Gasteiger partial charge in [-0.2, -0.15) is 0 Å². The first-order chi connectivity index (χ1) is 29.3. The average molecular weight is 750 g/mol. The highest BCUT2D eigenvalue weighted by Crippen LogP contribution is 2.48. The molecule has 5 nitrogen and oxygen atoms in total. The van der Waals surface area contributed by atoms with Crippen molar-refractivity contribution in [3.8, 4) is 22.9 Å². The summed E-state index contributed by atoms with van der Waals surface area (Å²) in [6.07, 6.45) is 0. The summed E-state index contributed by atoms with van der Waals surface area (Å²) in [5.41, 5.74) is 12.3. The summed E-state index contributed by atoms with van der Waals surface area (Å²) in [6, 6.07) is 67.9. The number of rotatable bonds is 3. The normalized spacial score (nSPS) is 12.4. The lowest BCUT2D eigenvalue weighted by Crippen LogP contribution is -2.03. The van der Waals surface area contributed by atoms with Crippen LogP contribution >= 0.6 is 0 Å². The van der Waals surface area contributed by atoms with Crippen LogP contribution in [-0.2, 0) is 0 Å². The Labute approximate surface area is 336 Å². The SMILES string of the molecule is c1ccc(-n2c3ccccc3c3cc(-c4nc(-n5c6ccccc6c6c7c8ccc9ccccc9c8n8c9ccccc9c(cc65)c78)nc5ccccc45)ccc32)cc1. The van der Waals surface area contributed by atoms with Crippen LogP contribution in [0.5, 0.6) is 0 Å². The lowest BCUT2D eigenvalue weighted by Gasteiger charge is -2.12. The summed E-state index contributed by atoms with van der Waals surface area (Å²) in [6.45, 7) is 0. The quantitative estimate of drug-likeness (QED) is 0.180. The Bertz CT molecular complexity index is 4070. The zero-order valence-electron chi connectivity index (χ0n) is 31.6. The van der Waals surface area contributed by atoms with Crippen LogP contribution in [0.1, 0.15) is 0 Å². The summed E-state index contributed by atoms with van der Waals surface area (Å²) in [4.78, 5) is 11.0. The van der Waals surface area contributed by atoms with E-state index in [4.69, 9.17) is 9.97 Å². The van der Waals surface area contributed by atoms with Crippen molar-refractivity contribution in [3.63, 3.8) is 0 Å². The highest BCUT2D eigenvalue weighted by Gasteiger charge is 2.26. The lowest BCUT2D eigenvalue weighted by molar-refractivity contribution is 1.01. The van der Waals surface area contributed by atoms with Crippen molar-refractivity contribution < 1.29 is 0 Å². The Hall–Kier alpha value is -8.02. The van der Waals surface area contributed by atoms with Crippen LogP contribution in [0.3, 0.4) is 0 Å². The Morgan fingerprint density at radius 1 is 0.339 bits per heavy atom. The van der Waals surface area contributed by atoms with Gasteiger partial charge in [0, 0.05) is 65.1 Å². The van der Waals surface area contributed by atoms with E-state index < -0.39 is 0 Å². The lowest BCUT2D eigenvalue weighted by atomic mass is 10.00. The zero-order chi connectivity index (χ0) is 38.3. The van der Waals surface area contributed by atoms with Gasteiger partial charge < -0.3 is 8.97 Å². The molecule has 5 heteroatoms. The van der Waals surface area contributed by atoms with Crippen LogP contribution in [0.15, 0.2) is 188 Å². The van der Waals surface area contributed by atoms with Gasteiger partial charge in [0.2, 0.25) is 5.95 Å². The molecule has 5 heterocycles. The predicted molar refractivity (Wildman–Crippen MR) is 246 cm³/mol. The second-order valence-electron chi connectivity index (χ2n) is 15.7. The van der Waals surface area contributed by atoms with Gasteiger partial charge in [0.25, 0.3) is 0 Å². The maximum Gasteiger partial charge on any atom is 0.235 e. The van der Waals surface area contributed by atoms with Crippen LogP contribution in [0.25, 0.3) is 126 Å². The molecule has 272 valence electrons. The number of para-hydroxylation sites is 5. The Morgan fingerprint density at radius 3 is 1.81 bits per heavy atom. The third-order valence-electron chi connectivity index (χ3n) is 12.7. The first-order valence-corrected chi connectivity index (χ1v) is 20.2. The highest BCUT2D eigenvalue weighted by molar-refractivity contribution is 6.37. The Kier molecular flexibility index (Phi) is 5.96. The van der Waals surface area contributed by atoms with Gasteiger partial charge in [-0.3, -0.25) is 4.57 Å². The molecule has 0 saturated heterocycles. The number of benzene rings is 9. The molecule has 0 unspecified atom stereocenters. The second-order valence-corrected chi connectivity index (χ2v) is 15.7. The Balaban J connectivity index is 1.10. The van der Waals surface area contributed by atoms with Crippen LogP contribution in [0.2, 0.25) is 0 Å². The van der Waals surface area contributed by atoms with E-state index in [1.165, 1.54) is 75.9 Å². The summed E-state index contributed by atoms with van der Waals surface area (Å²) in [5, 5.41) is 13.3. The summed E-state index contributed by atoms with van der Waals surface area (Å²) >= 11 is 0. The van der Waals surface area contributed by atoms with Crippen molar-refractivity contribution in [2.24, 2.45) is 0 Å². The van der Waals surface area contributed by atoms with E-state index in [9.17, 15) is 0 Å². The van der Waals surface area contributed by atoms with Gasteiger partial charge in [0.05, 0.1) is 49.8 Å². The van der Waals surface area contributed by atoms with Crippen molar-refractivity contribution in [2.45, 2.75) is 0 Å². The molecule has 14 aromatic rings. The zero-order valence-corrected chi connectivity index (χ0v) is 31.6. The van der Waals surface area contributed by atoms with Gasteiger partial charge in [0.15, 0.2) is 0 Å². The number of nitrogens with zero attached hydrogens (tertiary/aromatic N) is 5. The van der Waals surface area contributed by atoms with E-state index in [1.54, 1.807) is 0 Å². The fourth-order valence-electron chi connectivity index (χ4n) is 10.3. The van der Waals surface area contributed by atoms with Crippen LogP contribution in [-0.4, -0.2) is 23.5 Å². The van der Waals surface area contributed by atoms with Gasteiger partial charge >= 0.3 is 0 Å². The van der Waals surface area contributed by atoms with E-state index in [-0.39, 0.29) is 0 Å². The minimum absolute atomic E-state index is 0.656. The first-order valence-electron chi connectivity index (χ1n) is 20.2. The molecule has 0 atom stereocenters. The monoisotopic (exact) mass is 749 g/mol. The van der Waals surface area contributed by atoms with Gasteiger partial charge in [-0.1, -0.05) is 133 Å². The molecular formula is C54H31N5. The fraction of sp³-hybridized carbons (Fsp3) is 0. The smallest absolute Gasteiger partial charge is 0.235 e. The summed E-state index contributed by atoms with van der Waals surface area (Å²) in [5.74, 6) is 0.656. The van der Waals surface area contributed by atoms with E-state index >= 15 is 0 Å². The summed E-state index contributed by atoms with van der Waals surface area (Å²) in [7, 11) is 0. The van der Waals surface area contributed by atoms with Crippen molar-refractivity contribution in [1.82, 2.24) is 23.5 Å².